The number of esters is 1. The number of sulfonamides is 1. The molecular weight excluding hydrogens is 450 g/mol. The third kappa shape index (κ3) is 7.79. The number of nitrogens with one attached hydrogen (secondary N) is 1. The van der Waals surface area contributed by atoms with Crippen LogP contribution in [0.2, 0.25) is 0 Å². The van der Waals surface area contributed by atoms with Crippen molar-refractivity contribution < 1.29 is 32.2 Å². The molecule has 0 aliphatic carbocycles. The predicted molar refractivity (Wildman–Crippen MR) is 124 cm³/mol. The Kier molecular flexibility index (Phi) is 9.22. The molecule has 0 heterocycles. The molecule has 0 aliphatic rings. The van der Waals surface area contributed by atoms with Gasteiger partial charge in [0.1, 0.15) is 17.5 Å². The summed E-state index contributed by atoms with van der Waals surface area (Å²) in [6.45, 7) is 3.55. The summed E-state index contributed by atoms with van der Waals surface area (Å²) in [5, 5.41) is 3.90. The van der Waals surface area contributed by atoms with Gasteiger partial charge in [0.25, 0.3) is 5.91 Å². The van der Waals surface area contributed by atoms with Crippen molar-refractivity contribution in [1.29, 1.82) is 0 Å². The van der Waals surface area contributed by atoms with Crippen molar-refractivity contribution in [2.24, 2.45) is 5.10 Å². The number of carbonyl (C=O) groups excluding carboxylic acids is 2. The fourth-order valence-corrected chi connectivity index (χ4v) is 3.99. The third-order valence-electron chi connectivity index (χ3n) is 4.32. The van der Waals surface area contributed by atoms with Crippen molar-refractivity contribution in [2.75, 3.05) is 30.9 Å². The summed E-state index contributed by atoms with van der Waals surface area (Å²) in [4.78, 5) is 23.8. The number of ether oxygens (including phenoxy) is 3. The van der Waals surface area contributed by atoms with E-state index in [1.807, 2.05) is 6.92 Å². The van der Waals surface area contributed by atoms with Crippen molar-refractivity contribution in [2.45, 2.75) is 19.9 Å². The number of carbonyl (C=O) groups is 2. The Morgan fingerprint density at radius 3 is 2.42 bits per heavy atom. The molecule has 1 N–H and O–H groups in total. The fourth-order valence-electron chi connectivity index (χ4n) is 2.81. The smallest absolute Gasteiger partial charge is 0.343 e. The van der Waals surface area contributed by atoms with Crippen molar-refractivity contribution in [3.63, 3.8) is 0 Å². The third-order valence-corrected chi connectivity index (χ3v) is 5.56. The number of nitrogens with zero attached hydrogens (tertiary/aromatic N) is 2. The summed E-state index contributed by atoms with van der Waals surface area (Å²) in [6, 6.07) is 12.0. The van der Waals surface area contributed by atoms with Gasteiger partial charge in [-0.25, -0.2) is 18.6 Å². The van der Waals surface area contributed by atoms with Crippen molar-refractivity contribution >= 4 is 33.8 Å². The topological polar surface area (TPSA) is 124 Å². The van der Waals surface area contributed by atoms with Crippen LogP contribution in [0.3, 0.4) is 0 Å². The minimum atomic E-state index is -3.76. The van der Waals surface area contributed by atoms with Crippen molar-refractivity contribution in [1.82, 2.24) is 5.43 Å². The van der Waals surface area contributed by atoms with E-state index < -0.39 is 27.9 Å². The van der Waals surface area contributed by atoms with Gasteiger partial charge in [0, 0.05) is 0 Å². The summed E-state index contributed by atoms with van der Waals surface area (Å²) >= 11 is 0. The zero-order chi connectivity index (χ0) is 24.4. The molecule has 0 fully saturated rings. The van der Waals surface area contributed by atoms with E-state index in [2.05, 4.69) is 15.3 Å². The Hall–Kier alpha value is -3.60. The second-order valence-electron chi connectivity index (χ2n) is 6.83. The molecule has 10 nitrogen and oxygen atoms in total. The molecule has 0 saturated carbocycles. The van der Waals surface area contributed by atoms with Gasteiger partial charge in [0.2, 0.25) is 10.0 Å². The van der Waals surface area contributed by atoms with E-state index in [1.165, 1.54) is 20.2 Å². The number of hydrazone groups is 1. The van der Waals surface area contributed by atoms with Gasteiger partial charge in [-0.2, -0.15) is 5.10 Å². The standard InChI is InChI=1S/C22H27N3O7S/c1-5-31-19-11-9-18(10-12-19)25(33(4,28)29)16(2)22(27)24-23-14-17-7-6-8-20(13-17)32-15-21(26)30-3/h6-14,16H,5,15H2,1-4H3,(H,24,27)/b23-14-/t16-/m0/s1. The SMILES string of the molecule is CCOc1ccc(N([C@@H](C)C(=O)N/N=C\c2cccc(OCC(=O)OC)c2)S(C)(=O)=O)cc1. The summed E-state index contributed by atoms with van der Waals surface area (Å²) in [5.41, 5.74) is 3.27. The van der Waals surface area contributed by atoms with Crippen molar-refractivity contribution in [3.8, 4) is 11.5 Å². The van der Waals surface area contributed by atoms with Gasteiger partial charge in [-0.3, -0.25) is 9.10 Å². The Labute approximate surface area is 193 Å². The van der Waals surface area contributed by atoms with E-state index in [9.17, 15) is 18.0 Å². The zero-order valence-corrected chi connectivity index (χ0v) is 19.7. The van der Waals surface area contributed by atoms with E-state index in [4.69, 9.17) is 9.47 Å². The van der Waals surface area contributed by atoms with E-state index in [0.717, 1.165) is 10.6 Å². The zero-order valence-electron chi connectivity index (χ0n) is 18.8. The van der Waals surface area contributed by atoms with Crippen LogP contribution in [-0.2, 0) is 24.3 Å². The molecule has 0 radical (unpaired) electrons. The maximum absolute atomic E-state index is 12.6. The number of hydrogen-bond acceptors (Lipinski definition) is 8. The van der Waals surface area contributed by atoms with Crippen LogP contribution < -0.4 is 19.2 Å². The quantitative estimate of drug-likeness (QED) is 0.298. The highest BCUT2D eigenvalue weighted by atomic mass is 32.2. The van der Waals surface area contributed by atoms with Gasteiger partial charge in [-0.05, 0) is 55.8 Å². The highest BCUT2D eigenvalue weighted by Crippen LogP contribution is 2.24. The molecule has 1 atom stereocenters. The fraction of sp³-hybridized carbons (Fsp3) is 0.318. The van der Waals surface area contributed by atoms with Crippen molar-refractivity contribution in [3.05, 3.63) is 54.1 Å². The van der Waals surface area contributed by atoms with Gasteiger partial charge in [-0.15, -0.1) is 0 Å². The summed E-state index contributed by atoms with van der Waals surface area (Å²) in [6.07, 6.45) is 2.40. The molecular formula is C22H27N3O7S. The van der Waals surface area contributed by atoms with Crippen LogP contribution in [0, 0.1) is 0 Å². The maximum Gasteiger partial charge on any atom is 0.343 e. The molecule has 0 saturated heterocycles. The Balaban J connectivity index is 2.08. The molecule has 1 amide bonds. The van der Waals surface area contributed by atoms with Crippen LogP contribution in [0.25, 0.3) is 0 Å². The first-order valence-corrected chi connectivity index (χ1v) is 11.9. The molecule has 2 aromatic rings. The first kappa shape index (κ1) is 25.7. The first-order valence-electron chi connectivity index (χ1n) is 10.0. The lowest BCUT2D eigenvalue weighted by molar-refractivity contribution is -0.142. The van der Waals surface area contributed by atoms with Crippen LogP contribution >= 0.6 is 0 Å². The lowest BCUT2D eigenvalue weighted by Gasteiger charge is -2.27. The van der Waals surface area contributed by atoms with Crippen LogP contribution in [0.1, 0.15) is 19.4 Å². The van der Waals surface area contributed by atoms with Gasteiger partial charge >= 0.3 is 5.97 Å². The normalized spacial score (nSPS) is 12.1. The number of methoxy groups -OCH3 is 1. The molecule has 2 rings (SSSR count). The highest BCUT2D eigenvalue weighted by molar-refractivity contribution is 7.92. The minimum absolute atomic E-state index is 0.238. The minimum Gasteiger partial charge on any atom is -0.494 e. The second kappa shape index (κ2) is 11.9. The van der Waals surface area contributed by atoms with Gasteiger partial charge < -0.3 is 14.2 Å². The van der Waals surface area contributed by atoms with Crippen LogP contribution in [0.5, 0.6) is 11.5 Å². The van der Waals surface area contributed by atoms with Gasteiger partial charge in [-0.1, -0.05) is 12.1 Å². The Bertz CT molecular complexity index is 1090. The lowest BCUT2D eigenvalue weighted by atomic mass is 10.2. The van der Waals surface area contributed by atoms with Crippen LogP contribution in [0.4, 0.5) is 5.69 Å². The molecule has 0 unspecified atom stereocenters. The number of hydrogen-bond donors (Lipinski definition) is 1. The molecule has 2 aromatic carbocycles. The number of anilines is 1. The number of amides is 1. The molecule has 11 heteroatoms. The molecule has 0 aliphatic heterocycles. The summed E-state index contributed by atoms with van der Waals surface area (Å²) < 4.78 is 41.0. The molecule has 33 heavy (non-hydrogen) atoms. The highest BCUT2D eigenvalue weighted by Gasteiger charge is 2.29. The Morgan fingerprint density at radius 2 is 1.82 bits per heavy atom. The van der Waals surface area contributed by atoms with Crippen LogP contribution in [0.15, 0.2) is 53.6 Å². The molecule has 0 spiro atoms. The molecule has 178 valence electrons. The van der Waals surface area contributed by atoms with E-state index >= 15 is 0 Å². The average Bonchev–Trinajstić information content (AvgIpc) is 2.78. The Morgan fingerprint density at radius 1 is 1.12 bits per heavy atom. The number of rotatable bonds is 11. The molecule has 0 bridgehead atoms. The van der Waals surface area contributed by atoms with E-state index in [0.29, 0.717) is 29.4 Å². The van der Waals surface area contributed by atoms with E-state index in [-0.39, 0.29) is 6.61 Å². The van der Waals surface area contributed by atoms with Gasteiger partial charge in [0.05, 0.1) is 31.9 Å². The summed E-state index contributed by atoms with van der Waals surface area (Å²) in [5.74, 6) is -0.126. The number of benzene rings is 2. The first-order chi connectivity index (χ1) is 15.7. The lowest BCUT2D eigenvalue weighted by Crippen LogP contribution is -2.46. The predicted octanol–water partition coefficient (Wildman–Crippen LogP) is 1.94. The van der Waals surface area contributed by atoms with Crippen LogP contribution in [-0.4, -0.2) is 59.1 Å². The molecule has 0 aromatic heterocycles. The average molecular weight is 478 g/mol. The maximum atomic E-state index is 12.6. The summed E-state index contributed by atoms with van der Waals surface area (Å²) in [7, 11) is -2.50. The monoisotopic (exact) mass is 477 g/mol. The largest absolute Gasteiger partial charge is 0.494 e. The van der Waals surface area contributed by atoms with E-state index in [1.54, 1.807) is 48.5 Å². The second-order valence-corrected chi connectivity index (χ2v) is 8.69. The van der Waals surface area contributed by atoms with Gasteiger partial charge in [0.15, 0.2) is 6.61 Å².